The zero-order valence-electron chi connectivity index (χ0n) is 17.0. The highest BCUT2D eigenvalue weighted by molar-refractivity contribution is 5.79. The molecule has 0 radical (unpaired) electrons. The molecule has 154 valence electrons. The predicted molar refractivity (Wildman–Crippen MR) is 109 cm³/mol. The van der Waals surface area contributed by atoms with Gasteiger partial charge in [-0.05, 0) is 63.2 Å². The first-order chi connectivity index (χ1) is 13.7. The third-order valence-electron chi connectivity index (χ3n) is 5.88. The zero-order chi connectivity index (χ0) is 19.8. The van der Waals surface area contributed by atoms with E-state index in [-0.39, 0.29) is 11.8 Å². The number of amides is 2. The van der Waals surface area contributed by atoms with Crippen LogP contribution in [0.5, 0.6) is 5.75 Å². The van der Waals surface area contributed by atoms with Crippen LogP contribution >= 0.6 is 0 Å². The van der Waals surface area contributed by atoms with Gasteiger partial charge in [-0.1, -0.05) is 18.2 Å². The lowest BCUT2D eigenvalue weighted by Gasteiger charge is -2.35. The van der Waals surface area contributed by atoms with Gasteiger partial charge in [-0.15, -0.1) is 0 Å². The lowest BCUT2D eigenvalue weighted by Crippen LogP contribution is -2.46. The smallest absolute Gasteiger partial charge is 0.234 e. The molecule has 0 bridgehead atoms. The molecule has 6 heteroatoms. The number of piperidine rings is 2. The molecule has 0 spiro atoms. The van der Waals surface area contributed by atoms with E-state index in [4.69, 9.17) is 4.74 Å². The third kappa shape index (κ3) is 5.71. The van der Waals surface area contributed by atoms with Crippen LogP contribution in [0.2, 0.25) is 0 Å². The molecule has 1 N–H and O–H groups in total. The van der Waals surface area contributed by atoms with Crippen molar-refractivity contribution in [2.24, 2.45) is 5.92 Å². The molecule has 6 nitrogen and oxygen atoms in total. The van der Waals surface area contributed by atoms with Crippen LogP contribution < -0.4 is 10.1 Å². The van der Waals surface area contributed by atoms with Crippen molar-refractivity contribution in [3.8, 4) is 5.75 Å². The summed E-state index contributed by atoms with van der Waals surface area (Å²) in [4.78, 5) is 29.1. The van der Waals surface area contributed by atoms with Gasteiger partial charge < -0.3 is 15.0 Å². The summed E-state index contributed by atoms with van der Waals surface area (Å²) in [5.41, 5.74) is 1.10. The molecule has 2 aliphatic heterocycles. The highest BCUT2D eigenvalue weighted by atomic mass is 16.5. The maximum absolute atomic E-state index is 12.6. The minimum absolute atomic E-state index is 0.0516. The summed E-state index contributed by atoms with van der Waals surface area (Å²) >= 11 is 0. The molecule has 0 aromatic heterocycles. The number of likely N-dealkylation sites (tertiary alicyclic amines) is 2. The average Bonchev–Trinajstić information content (AvgIpc) is 2.75. The maximum Gasteiger partial charge on any atom is 0.234 e. The van der Waals surface area contributed by atoms with Crippen LogP contribution in [0, 0.1) is 5.92 Å². The molecule has 28 heavy (non-hydrogen) atoms. The number of para-hydroxylation sites is 1. The van der Waals surface area contributed by atoms with E-state index in [1.54, 1.807) is 7.11 Å². The van der Waals surface area contributed by atoms with Crippen LogP contribution in [0.1, 0.15) is 37.7 Å². The van der Waals surface area contributed by atoms with E-state index in [2.05, 4.69) is 10.2 Å². The van der Waals surface area contributed by atoms with Gasteiger partial charge >= 0.3 is 0 Å². The number of hydrogen-bond acceptors (Lipinski definition) is 4. The first-order valence-corrected chi connectivity index (χ1v) is 10.6. The van der Waals surface area contributed by atoms with Crippen molar-refractivity contribution >= 4 is 11.8 Å². The molecule has 1 aromatic carbocycles. The monoisotopic (exact) mass is 387 g/mol. The fourth-order valence-corrected chi connectivity index (χ4v) is 4.22. The fourth-order valence-electron chi connectivity index (χ4n) is 4.22. The van der Waals surface area contributed by atoms with Gasteiger partial charge in [0.2, 0.25) is 11.8 Å². The maximum atomic E-state index is 12.6. The van der Waals surface area contributed by atoms with Crippen LogP contribution in [0.15, 0.2) is 24.3 Å². The molecule has 0 unspecified atom stereocenters. The predicted octanol–water partition coefficient (Wildman–Crippen LogP) is 2.08. The number of nitrogens with zero attached hydrogens (tertiary/aromatic N) is 2. The molecule has 2 saturated heterocycles. The van der Waals surface area contributed by atoms with E-state index < -0.39 is 0 Å². The van der Waals surface area contributed by atoms with Gasteiger partial charge in [0.1, 0.15) is 5.75 Å². The summed E-state index contributed by atoms with van der Waals surface area (Å²) in [6.45, 7) is 4.51. The highest BCUT2D eigenvalue weighted by Gasteiger charge is 2.29. The zero-order valence-corrected chi connectivity index (χ0v) is 17.0. The molecular formula is C22H33N3O3. The normalized spacial score (nSPS) is 18.7. The van der Waals surface area contributed by atoms with E-state index in [1.165, 1.54) is 6.42 Å². The summed E-state index contributed by atoms with van der Waals surface area (Å²) in [5.74, 6) is 1.39. The number of carbonyl (C=O) groups excluding carboxylic acids is 2. The molecular weight excluding hydrogens is 354 g/mol. The number of rotatable bonds is 7. The Morgan fingerprint density at radius 3 is 2.50 bits per heavy atom. The first kappa shape index (κ1) is 20.6. The van der Waals surface area contributed by atoms with Gasteiger partial charge in [0.25, 0.3) is 0 Å². The minimum Gasteiger partial charge on any atom is -0.496 e. The van der Waals surface area contributed by atoms with Gasteiger partial charge in [-0.3, -0.25) is 14.5 Å². The number of carbonyl (C=O) groups is 2. The summed E-state index contributed by atoms with van der Waals surface area (Å²) in [7, 11) is 1.66. The second kappa shape index (κ2) is 10.5. The molecule has 0 atom stereocenters. The van der Waals surface area contributed by atoms with Crippen molar-refractivity contribution < 1.29 is 14.3 Å². The Balaban J connectivity index is 1.35. The lowest BCUT2D eigenvalue weighted by molar-refractivity contribution is -0.138. The molecule has 2 heterocycles. The van der Waals surface area contributed by atoms with Gasteiger partial charge in [0.05, 0.1) is 13.7 Å². The van der Waals surface area contributed by atoms with Crippen LogP contribution in [-0.4, -0.2) is 68.0 Å². The molecule has 0 aliphatic carbocycles. The van der Waals surface area contributed by atoms with Crippen LogP contribution in [-0.2, 0) is 16.0 Å². The largest absolute Gasteiger partial charge is 0.496 e. The van der Waals surface area contributed by atoms with Crippen molar-refractivity contribution in [3.05, 3.63) is 29.8 Å². The van der Waals surface area contributed by atoms with Crippen LogP contribution in [0.3, 0.4) is 0 Å². The number of benzene rings is 1. The van der Waals surface area contributed by atoms with E-state index in [0.717, 1.165) is 69.6 Å². The van der Waals surface area contributed by atoms with Crippen molar-refractivity contribution in [2.75, 3.05) is 46.4 Å². The second-order valence-electron chi connectivity index (χ2n) is 7.85. The summed E-state index contributed by atoms with van der Waals surface area (Å²) in [6.07, 6.45) is 6.00. The van der Waals surface area contributed by atoms with Gasteiger partial charge in [0, 0.05) is 25.6 Å². The number of nitrogens with one attached hydrogen (secondary N) is 1. The molecule has 0 saturated carbocycles. The SMILES string of the molecule is COc1ccccc1CCNC(=O)CN1CCC(C(=O)N2CCCCC2)CC1. The topological polar surface area (TPSA) is 61.9 Å². The molecule has 2 amide bonds. The number of methoxy groups -OCH3 is 1. The third-order valence-corrected chi connectivity index (χ3v) is 5.88. The quantitative estimate of drug-likeness (QED) is 0.778. The average molecular weight is 388 g/mol. The Kier molecular flexibility index (Phi) is 7.71. The Labute approximate surface area is 168 Å². The standard InChI is InChI=1S/C22H33N3O3/c1-28-20-8-4-3-7-18(20)9-12-23-21(26)17-24-15-10-19(11-16-24)22(27)25-13-5-2-6-14-25/h3-4,7-8,19H,2,5-6,9-17H2,1H3,(H,23,26). The Hall–Kier alpha value is -2.08. The van der Waals surface area contributed by atoms with Gasteiger partial charge in [0.15, 0.2) is 0 Å². The number of ether oxygens (including phenoxy) is 1. The number of hydrogen-bond donors (Lipinski definition) is 1. The van der Waals surface area contributed by atoms with E-state index >= 15 is 0 Å². The fraction of sp³-hybridized carbons (Fsp3) is 0.636. The minimum atomic E-state index is 0.0516. The summed E-state index contributed by atoms with van der Waals surface area (Å²) in [6, 6.07) is 7.89. The highest BCUT2D eigenvalue weighted by Crippen LogP contribution is 2.22. The summed E-state index contributed by atoms with van der Waals surface area (Å²) < 4.78 is 5.35. The Morgan fingerprint density at radius 1 is 1.07 bits per heavy atom. The Bertz CT molecular complexity index is 650. The van der Waals surface area contributed by atoms with Gasteiger partial charge in [-0.2, -0.15) is 0 Å². The molecule has 3 rings (SSSR count). The van der Waals surface area contributed by atoms with Gasteiger partial charge in [-0.25, -0.2) is 0 Å². The van der Waals surface area contributed by atoms with E-state index in [0.29, 0.717) is 19.0 Å². The first-order valence-electron chi connectivity index (χ1n) is 10.6. The molecule has 2 fully saturated rings. The molecule has 2 aliphatic rings. The van der Waals surface area contributed by atoms with Crippen molar-refractivity contribution in [3.63, 3.8) is 0 Å². The van der Waals surface area contributed by atoms with Crippen molar-refractivity contribution in [1.29, 1.82) is 0 Å². The van der Waals surface area contributed by atoms with E-state index in [1.807, 2.05) is 29.2 Å². The second-order valence-corrected chi connectivity index (χ2v) is 7.85. The van der Waals surface area contributed by atoms with Crippen molar-refractivity contribution in [2.45, 2.75) is 38.5 Å². The summed E-state index contributed by atoms with van der Waals surface area (Å²) in [5, 5.41) is 3.00. The molecule has 1 aromatic rings. The van der Waals surface area contributed by atoms with Crippen LogP contribution in [0.4, 0.5) is 0 Å². The Morgan fingerprint density at radius 2 is 1.79 bits per heavy atom. The van der Waals surface area contributed by atoms with Crippen LogP contribution in [0.25, 0.3) is 0 Å². The van der Waals surface area contributed by atoms with Crippen molar-refractivity contribution in [1.82, 2.24) is 15.1 Å². The van der Waals surface area contributed by atoms with E-state index in [9.17, 15) is 9.59 Å². The lowest BCUT2D eigenvalue weighted by atomic mass is 9.94.